The van der Waals surface area contributed by atoms with Crippen LogP contribution >= 0.6 is 0 Å². The Hall–Kier alpha value is -3.52. The molecule has 0 saturated carbocycles. The van der Waals surface area contributed by atoms with E-state index in [1.807, 2.05) is 28.9 Å². The van der Waals surface area contributed by atoms with Crippen molar-refractivity contribution in [3.63, 3.8) is 0 Å². The van der Waals surface area contributed by atoms with Crippen molar-refractivity contribution in [1.82, 2.24) is 15.1 Å². The quantitative estimate of drug-likeness (QED) is 0.582. The lowest BCUT2D eigenvalue weighted by Gasteiger charge is -2.25. The number of ether oxygens (including phenoxy) is 3. The largest absolute Gasteiger partial charge is 0.507 e. The van der Waals surface area contributed by atoms with Gasteiger partial charge in [-0.3, -0.25) is 4.79 Å². The molecule has 2 heterocycles. The molecule has 4 rings (SSSR count). The maximum atomic E-state index is 12.5. The lowest BCUT2D eigenvalue weighted by atomic mass is 10.1. The lowest BCUT2D eigenvalue weighted by Crippen LogP contribution is -2.24. The Morgan fingerprint density at radius 3 is 2.75 bits per heavy atom. The number of phenols is 1. The summed E-state index contributed by atoms with van der Waals surface area (Å²) in [6.45, 7) is 0.880. The van der Waals surface area contributed by atoms with E-state index in [-0.39, 0.29) is 30.0 Å². The highest BCUT2D eigenvalue weighted by atomic mass is 16.5. The zero-order chi connectivity index (χ0) is 22.5. The Kier molecular flexibility index (Phi) is 6.61. The first-order chi connectivity index (χ1) is 15.6. The van der Waals surface area contributed by atoms with Crippen LogP contribution in [0.4, 0.5) is 0 Å². The number of nitrogens with zero attached hydrogens (tertiary/aromatic N) is 2. The van der Waals surface area contributed by atoms with Gasteiger partial charge in [0, 0.05) is 12.2 Å². The third kappa shape index (κ3) is 4.40. The first-order valence-electron chi connectivity index (χ1n) is 10.6. The molecule has 1 saturated heterocycles. The number of hydrogen-bond donors (Lipinski definition) is 2. The molecule has 0 radical (unpaired) electrons. The highest BCUT2D eigenvalue weighted by Gasteiger charge is 2.24. The molecule has 3 aromatic rings. The molecule has 8 heteroatoms. The predicted molar refractivity (Wildman–Crippen MR) is 119 cm³/mol. The van der Waals surface area contributed by atoms with Gasteiger partial charge in [-0.05, 0) is 49.6 Å². The fraction of sp³-hybridized carbons (Fsp3) is 0.333. The van der Waals surface area contributed by atoms with E-state index in [1.165, 1.54) is 6.07 Å². The Morgan fingerprint density at radius 1 is 1.19 bits per heavy atom. The fourth-order valence-electron chi connectivity index (χ4n) is 3.89. The molecule has 1 amide bonds. The number of amides is 1. The van der Waals surface area contributed by atoms with E-state index >= 15 is 0 Å². The normalized spacial score (nSPS) is 15.9. The average molecular weight is 437 g/mol. The molecule has 168 valence electrons. The van der Waals surface area contributed by atoms with Crippen LogP contribution in [0, 0.1) is 0 Å². The number of phenolic OH excluding ortho intramolecular Hbond substituents is 1. The molecule has 2 N–H and O–H groups in total. The summed E-state index contributed by atoms with van der Waals surface area (Å²) in [4.78, 5) is 12.5. The minimum absolute atomic E-state index is 0.0621. The van der Waals surface area contributed by atoms with Crippen LogP contribution in [0.15, 0.2) is 48.5 Å². The summed E-state index contributed by atoms with van der Waals surface area (Å²) >= 11 is 0. The van der Waals surface area contributed by atoms with E-state index < -0.39 is 0 Å². The maximum absolute atomic E-state index is 12.5. The molecule has 0 bridgehead atoms. The fourth-order valence-corrected chi connectivity index (χ4v) is 3.89. The molecule has 2 aromatic carbocycles. The van der Waals surface area contributed by atoms with E-state index in [4.69, 9.17) is 19.3 Å². The summed E-state index contributed by atoms with van der Waals surface area (Å²) in [7, 11) is 3.20. The first kappa shape index (κ1) is 21.7. The summed E-state index contributed by atoms with van der Waals surface area (Å²) in [6.07, 6.45) is 2.74. The number of rotatable bonds is 7. The van der Waals surface area contributed by atoms with Gasteiger partial charge in [0.25, 0.3) is 5.91 Å². The molecule has 32 heavy (non-hydrogen) atoms. The Balaban J connectivity index is 1.66. The van der Waals surface area contributed by atoms with E-state index in [1.54, 1.807) is 32.4 Å². The van der Waals surface area contributed by atoms with Gasteiger partial charge < -0.3 is 24.6 Å². The summed E-state index contributed by atoms with van der Waals surface area (Å²) in [6, 6.07) is 14.0. The van der Waals surface area contributed by atoms with Crippen molar-refractivity contribution in [1.29, 1.82) is 0 Å². The van der Waals surface area contributed by atoms with Crippen molar-refractivity contribution >= 4 is 5.91 Å². The first-order valence-corrected chi connectivity index (χ1v) is 10.6. The van der Waals surface area contributed by atoms with E-state index in [0.717, 1.165) is 30.5 Å². The van der Waals surface area contributed by atoms with Gasteiger partial charge in [0.05, 0.1) is 37.7 Å². The number of carbonyl (C=O) groups is 1. The van der Waals surface area contributed by atoms with Gasteiger partial charge in [-0.1, -0.05) is 18.2 Å². The Morgan fingerprint density at radius 2 is 2.03 bits per heavy atom. The molecule has 8 nitrogen and oxygen atoms in total. The number of para-hydroxylation sites is 2. The Labute approximate surface area is 186 Å². The number of aromatic nitrogens is 2. The third-order valence-corrected chi connectivity index (χ3v) is 5.47. The Bertz CT molecular complexity index is 1090. The molecule has 1 aromatic heterocycles. The van der Waals surface area contributed by atoms with Gasteiger partial charge in [0.15, 0.2) is 17.7 Å². The molecule has 1 aliphatic heterocycles. The van der Waals surface area contributed by atoms with Crippen LogP contribution in [0.25, 0.3) is 11.3 Å². The van der Waals surface area contributed by atoms with Crippen molar-refractivity contribution in [3.8, 4) is 28.5 Å². The molecule has 1 aliphatic rings. The second-order valence-corrected chi connectivity index (χ2v) is 7.53. The van der Waals surface area contributed by atoms with E-state index in [9.17, 15) is 9.90 Å². The van der Waals surface area contributed by atoms with E-state index in [0.29, 0.717) is 23.8 Å². The second-order valence-electron chi connectivity index (χ2n) is 7.53. The van der Waals surface area contributed by atoms with Crippen LogP contribution in [0.2, 0.25) is 0 Å². The van der Waals surface area contributed by atoms with Gasteiger partial charge >= 0.3 is 0 Å². The lowest BCUT2D eigenvalue weighted by molar-refractivity contribution is -0.0385. The minimum atomic E-state index is -0.368. The summed E-state index contributed by atoms with van der Waals surface area (Å²) in [5.74, 6) is 0.800. The van der Waals surface area contributed by atoms with Crippen LogP contribution in [-0.4, -0.2) is 41.6 Å². The number of hydrogen-bond acceptors (Lipinski definition) is 6. The van der Waals surface area contributed by atoms with Crippen LogP contribution < -0.4 is 14.8 Å². The second kappa shape index (κ2) is 9.74. The molecule has 0 aliphatic carbocycles. The van der Waals surface area contributed by atoms with Gasteiger partial charge in [-0.2, -0.15) is 5.10 Å². The molecular formula is C24H27N3O5. The smallest absolute Gasteiger partial charge is 0.255 e. The zero-order valence-corrected chi connectivity index (χ0v) is 18.2. The molecule has 1 unspecified atom stereocenters. The monoisotopic (exact) mass is 437 g/mol. The van der Waals surface area contributed by atoms with Crippen molar-refractivity contribution in [2.45, 2.75) is 32.0 Å². The van der Waals surface area contributed by atoms with Gasteiger partial charge in [-0.25, -0.2) is 4.68 Å². The number of carbonyl (C=O) groups excluding carboxylic acids is 1. The number of methoxy groups -OCH3 is 2. The minimum Gasteiger partial charge on any atom is -0.507 e. The average Bonchev–Trinajstić information content (AvgIpc) is 3.27. The zero-order valence-electron chi connectivity index (χ0n) is 18.2. The van der Waals surface area contributed by atoms with Gasteiger partial charge in [0.1, 0.15) is 5.75 Å². The maximum Gasteiger partial charge on any atom is 0.255 e. The van der Waals surface area contributed by atoms with Crippen molar-refractivity contribution in [3.05, 3.63) is 59.8 Å². The number of benzene rings is 2. The van der Waals surface area contributed by atoms with Crippen LogP contribution in [-0.2, 0) is 11.3 Å². The number of aromatic hydroxyl groups is 1. The SMILES string of the molecule is COc1cccc(-c2cc(CNC(=O)c3ccccc3O)nn2C2CCCCO2)c1OC. The highest BCUT2D eigenvalue weighted by molar-refractivity contribution is 5.96. The number of nitrogens with one attached hydrogen (secondary N) is 1. The standard InChI is InChI=1S/C24H27N3O5/c1-30-21-11-7-9-17(23(21)31-2)19-14-16(26-27(19)22-12-5-6-13-32-22)15-25-24(29)18-8-3-4-10-20(18)28/h3-4,7-11,14,22,28H,5-6,12-13,15H2,1-2H3,(H,25,29). The summed E-state index contributed by atoms with van der Waals surface area (Å²) in [5.41, 5.74) is 2.53. The summed E-state index contributed by atoms with van der Waals surface area (Å²) < 4.78 is 18.9. The predicted octanol–water partition coefficient (Wildman–Crippen LogP) is 3.90. The van der Waals surface area contributed by atoms with Crippen LogP contribution in [0.5, 0.6) is 17.2 Å². The summed E-state index contributed by atoms with van der Waals surface area (Å²) in [5, 5.41) is 17.5. The van der Waals surface area contributed by atoms with Crippen LogP contribution in [0.1, 0.15) is 41.5 Å². The van der Waals surface area contributed by atoms with Crippen molar-refractivity contribution in [2.24, 2.45) is 0 Å². The third-order valence-electron chi connectivity index (χ3n) is 5.47. The van der Waals surface area contributed by atoms with E-state index in [2.05, 4.69) is 5.32 Å². The van der Waals surface area contributed by atoms with Crippen molar-refractivity contribution < 1.29 is 24.1 Å². The topological polar surface area (TPSA) is 94.8 Å². The molecular weight excluding hydrogens is 410 g/mol. The van der Waals surface area contributed by atoms with Gasteiger partial charge in [-0.15, -0.1) is 0 Å². The van der Waals surface area contributed by atoms with Crippen molar-refractivity contribution in [2.75, 3.05) is 20.8 Å². The highest BCUT2D eigenvalue weighted by Crippen LogP contribution is 2.39. The van der Waals surface area contributed by atoms with Crippen LogP contribution in [0.3, 0.4) is 0 Å². The molecule has 1 fully saturated rings. The molecule has 0 spiro atoms. The van der Waals surface area contributed by atoms with Gasteiger partial charge in [0.2, 0.25) is 0 Å². The molecule has 1 atom stereocenters.